The minimum Gasteiger partial charge on any atom is -0.310 e. The van der Waals surface area contributed by atoms with E-state index in [-0.39, 0.29) is 0 Å². The van der Waals surface area contributed by atoms with Gasteiger partial charge in [-0.3, -0.25) is 0 Å². The molecular formula is C114H80N4. The highest BCUT2D eigenvalue weighted by atomic mass is 15.2. The summed E-state index contributed by atoms with van der Waals surface area (Å²) in [4.78, 5) is 4.97. The topological polar surface area (TPSA) is 16.3 Å². The maximum atomic E-state index is 2.51. The van der Waals surface area contributed by atoms with Crippen molar-refractivity contribution in [3.8, 4) is 78.1 Å². The largest absolute Gasteiger partial charge is 0.310 e. The highest BCUT2D eigenvalue weighted by Gasteiger charge is 2.54. The van der Waals surface area contributed by atoms with E-state index in [1.807, 2.05) is 0 Å². The van der Waals surface area contributed by atoms with Crippen molar-refractivity contribution in [2.45, 2.75) is 38.5 Å². The number of hydrogen-bond acceptors (Lipinski definition) is 2. The number of aryl methyl sites for hydroxylation is 4. The van der Waals surface area contributed by atoms with Gasteiger partial charge in [0.1, 0.15) is 0 Å². The van der Waals surface area contributed by atoms with Gasteiger partial charge in [-0.25, -0.2) is 0 Å². The summed E-state index contributed by atoms with van der Waals surface area (Å²) in [7, 11) is 0. The fourth-order valence-electron chi connectivity index (χ4n) is 20.9. The standard InChI is InChI=1S/2C57H40N2/c1-37-25-29-45-46-30-26-38(2)34-52(46)57(51(45)33-37)50-22-12-9-20-44(50)47-31-27-41(35-53(47)57)58(54-23-13-10-19-43(54)39-15-5-3-6-16-39)42-28-32-49-48-21-11-14-24-55(48)59(56(49)36-42)40-17-7-4-8-18-40;1-37-24-31-45-46-32-25-38(2)35-52(46)57(51(45)34-37)50-20-10-6-17-44(50)47-33-30-42(36-53(47)57)58(54-21-11-7-16-43(54)39-14-4-3-5-15-39)40-26-28-41(29-27-40)59-55-22-12-8-18-48(55)49-19-9-13-23-56(49)59/h2*3-36H,1-2H3. The highest BCUT2D eigenvalue weighted by molar-refractivity contribution is 6.12. The molecular weight excluding hydrogens is 1430 g/mol. The number of benzene rings is 18. The third kappa shape index (κ3) is 10.2. The molecule has 20 aromatic rings. The molecule has 0 radical (unpaired) electrons. The van der Waals surface area contributed by atoms with Crippen molar-refractivity contribution in [3.63, 3.8) is 0 Å². The average molecular weight is 1510 g/mol. The molecule has 0 fully saturated rings. The molecule has 2 aromatic heterocycles. The van der Waals surface area contributed by atoms with Crippen molar-refractivity contribution < 1.29 is 0 Å². The first-order valence-electron chi connectivity index (χ1n) is 41.2. The Bertz CT molecular complexity index is 7330. The third-order valence-corrected chi connectivity index (χ3v) is 25.8. The summed E-state index contributed by atoms with van der Waals surface area (Å²) in [5.74, 6) is 0. The lowest BCUT2D eigenvalue weighted by Crippen LogP contribution is -2.26. The van der Waals surface area contributed by atoms with Crippen LogP contribution < -0.4 is 9.80 Å². The van der Waals surface area contributed by atoms with Crippen LogP contribution >= 0.6 is 0 Å². The maximum Gasteiger partial charge on any atom is 0.0726 e. The Morgan fingerprint density at radius 2 is 0.466 bits per heavy atom. The van der Waals surface area contributed by atoms with E-state index < -0.39 is 10.8 Å². The normalized spacial score (nSPS) is 13.1. The second kappa shape index (κ2) is 26.9. The quantitative estimate of drug-likeness (QED) is 0.136. The van der Waals surface area contributed by atoms with Gasteiger partial charge in [0.05, 0.1) is 44.3 Å². The Morgan fingerprint density at radius 3 is 0.890 bits per heavy atom. The molecule has 0 atom stereocenters. The number of aromatic nitrogens is 2. The van der Waals surface area contributed by atoms with E-state index in [1.54, 1.807) is 0 Å². The summed E-state index contributed by atoms with van der Waals surface area (Å²) in [6.07, 6.45) is 0. The first kappa shape index (κ1) is 68.7. The van der Waals surface area contributed by atoms with Crippen LogP contribution in [-0.4, -0.2) is 9.13 Å². The van der Waals surface area contributed by atoms with E-state index in [9.17, 15) is 0 Å². The molecule has 0 bridgehead atoms. The van der Waals surface area contributed by atoms with E-state index in [0.717, 1.165) is 45.5 Å². The van der Waals surface area contributed by atoms with Crippen LogP contribution in [0, 0.1) is 27.7 Å². The van der Waals surface area contributed by atoms with E-state index in [0.29, 0.717) is 0 Å². The highest BCUT2D eigenvalue weighted by Crippen LogP contribution is 2.66. The van der Waals surface area contributed by atoms with Gasteiger partial charge in [0.15, 0.2) is 0 Å². The minimum atomic E-state index is -0.459. The number of rotatable bonds is 10. The van der Waals surface area contributed by atoms with Crippen molar-refractivity contribution in [1.29, 1.82) is 0 Å². The van der Waals surface area contributed by atoms with Gasteiger partial charge in [-0.15, -0.1) is 0 Å². The molecule has 0 saturated carbocycles. The Kier molecular flexibility index (Phi) is 15.7. The maximum absolute atomic E-state index is 2.51. The molecule has 4 nitrogen and oxygen atoms in total. The number of nitrogens with zero attached hydrogens (tertiary/aromatic N) is 4. The molecule has 4 aliphatic carbocycles. The van der Waals surface area contributed by atoms with Gasteiger partial charge < -0.3 is 18.9 Å². The molecule has 18 aromatic carbocycles. The second-order valence-electron chi connectivity index (χ2n) is 32.5. The average Bonchev–Trinajstić information content (AvgIpc) is 1.51. The molecule has 556 valence electrons. The third-order valence-electron chi connectivity index (χ3n) is 25.8. The summed E-state index contributed by atoms with van der Waals surface area (Å²) < 4.78 is 4.81. The van der Waals surface area contributed by atoms with Gasteiger partial charge >= 0.3 is 0 Å². The van der Waals surface area contributed by atoms with Gasteiger partial charge in [-0.1, -0.05) is 332 Å². The summed E-state index contributed by atoms with van der Waals surface area (Å²) >= 11 is 0. The van der Waals surface area contributed by atoms with Gasteiger partial charge in [-0.05, 0) is 231 Å². The zero-order valence-corrected chi connectivity index (χ0v) is 66.0. The molecule has 0 N–H and O–H groups in total. The molecule has 0 amide bonds. The molecule has 4 aliphatic rings. The Balaban J connectivity index is 0.000000138. The van der Waals surface area contributed by atoms with Gasteiger partial charge in [0.2, 0.25) is 0 Å². The van der Waals surface area contributed by atoms with Crippen molar-refractivity contribution in [2.75, 3.05) is 9.80 Å². The van der Waals surface area contributed by atoms with E-state index in [1.165, 1.54) is 177 Å². The zero-order valence-electron chi connectivity index (χ0n) is 66.0. The second-order valence-corrected chi connectivity index (χ2v) is 32.5. The molecule has 2 spiro atoms. The predicted molar refractivity (Wildman–Crippen MR) is 493 cm³/mol. The molecule has 24 rings (SSSR count). The lowest BCUT2D eigenvalue weighted by molar-refractivity contribution is 0.791. The van der Waals surface area contributed by atoms with Crippen molar-refractivity contribution in [2.24, 2.45) is 0 Å². The lowest BCUT2D eigenvalue weighted by atomic mass is 9.70. The SMILES string of the molecule is Cc1ccc2c(c1)C1(c3ccccc3-c3ccc(N(c4ccc(-n5c6ccccc6c6ccccc65)cc4)c4ccccc4-c4ccccc4)cc31)c1cc(C)ccc1-2.Cc1ccc2c(c1)C1(c3ccccc3-c3ccc(N(c4ccc5c6ccccc6n(-c6ccccc6)c5c4)c4ccccc4-c4ccccc4)cc31)c1cc(C)ccc1-2. The Hall–Kier alpha value is -14.8. The van der Waals surface area contributed by atoms with E-state index >= 15 is 0 Å². The number of para-hydroxylation sites is 6. The zero-order chi connectivity index (χ0) is 78.5. The molecule has 118 heavy (non-hydrogen) atoms. The van der Waals surface area contributed by atoms with Crippen LogP contribution in [0.4, 0.5) is 34.1 Å². The fourth-order valence-corrected chi connectivity index (χ4v) is 20.9. The van der Waals surface area contributed by atoms with Crippen molar-refractivity contribution in [3.05, 3.63) is 479 Å². The minimum absolute atomic E-state index is 0.449. The van der Waals surface area contributed by atoms with Gasteiger partial charge in [0, 0.05) is 66.8 Å². The van der Waals surface area contributed by atoms with Crippen molar-refractivity contribution in [1.82, 2.24) is 9.13 Å². The number of hydrogen-bond donors (Lipinski definition) is 0. The molecule has 2 heterocycles. The van der Waals surface area contributed by atoms with Crippen LogP contribution in [0.3, 0.4) is 0 Å². The Labute approximate surface area is 688 Å². The lowest BCUT2D eigenvalue weighted by Gasteiger charge is -2.33. The fraction of sp³-hybridized carbons (Fsp3) is 0.0526. The molecule has 4 heteroatoms. The van der Waals surface area contributed by atoms with Gasteiger partial charge in [-0.2, -0.15) is 0 Å². The smallest absolute Gasteiger partial charge is 0.0726 e. The van der Waals surface area contributed by atoms with Crippen LogP contribution in [0.15, 0.2) is 413 Å². The summed E-state index contributed by atoms with van der Waals surface area (Å²) in [5, 5.41) is 5.01. The first-order chi connectivity index (χ1) is 58.2. The first-order valence-corrected chi connectivity index (χ1v) is 41.2. The predicted octanol–water partition coefficient (Wildman–Crippen LogP) is 29.8. The number of fused-ring (bicyclic) bond motifs is 26. The molecule has 0 unspecified atom stereocenters. The van der Waals surface area contributed by atoms with E-state index in [2.05, 4.69) is 459 Å². The Morgan fingerprint density at radius 1 is 0.186 bits per heavy atom. The summed E-state index contributed by atoms with van der Waals surface area (Å²) in [6.45, 7) is 8.92. The van der Waals surface area contributed by atoms with Crippen LogP contribution in [0.25, 0.3) is 122 Å². The number of anilines is 6. The molecule has 0 aliphatic heterocycles. The van der Waals surface area contributed by atoms with Crippen LogP contribution in [0.2, 0.25) is 0 Å². The van der Waals surface area contributed by atoms with E-state index in [4.69, 9.17) is 0 Å². The summed E-state index contributed by atoms with van der Waals surface area (Å²) in [6, 6.07) is 153. The van der Waals surface area contributed by atoms with Crippen LogP contribution in [0.1, 0.15) is 66.8 Å². The van der Waals surface area contributed by atoms with Crippen molar-refractivity contribution >= 4 is 77.7 Å². The van der Waals surface area contributed by atoms with Crippen LogP contribution in [-0.2, 0) is 10.8 Å². The summed E-state index contributed by atoms with van der Waals surface area (Å²) in [5.41, 5.74) is 44.0. The van der Waals surface area contributed by atoms with Gasteiger partial charge in [0.25, 0.3) is 0 Å². The molecule has 0 saturated heterocycles. The van der Waals surface area contributed by atoms with Crippen LogP contribution in [0.5, 0.6) is 0 Å². The monoisotopic (exact) mass is 1500 g/mol.